The molecule has 3 heterocycles. The average molecular weight is 549 g/mol. The summed E-state index contributed by atoms with van der Waals surface area (Å²) in [7, 11) is 2.00. The second-order valence-electron chi connectivity index (χ2n) is 9.66. The number of amides is 1. The monoisotopic (exact) mass is 548 g/mol. The number of halogens is 3. The van der Waals surface area contributed by atoms with Crippen LogP contribution in [-0.4, -0.2) is 63.5 Å². The Labute approximate surface area is 231 Å². The van der Waals surface area contributed by atoms with E-state index in [9.17, 15) is 18.0 Å². The van der Waals surface area contributed by atoms with E-state index in [1.54, 1.807) is 47.4 Å². The fraction of sp³-hybridized carbons (Fsp3) is 0.300. The van der Waals surface area contributed by atoms with Crippen molar-refractivity contribution in [2.45, 2.75) is 27.1 Å². The summed E-state index contributed by atoms with van der Waals surface area (Å²) in [6.45, 7) is 5.12. The quantitative estimate of drug-likeness (QED) is 0.360. The van der Waals surface area contributed by atoms with E-state index in [1.165, 1.54) is 12.1 Å². The molecule has 0 bridgehead atoms. The van der Waals surface area contributed by atoms with Crippen LogP contribution in [0.3, 0.4) is 0 Å². The fourth-order valence-electron chi connectivity index (χ4n) is 4.42. The van der Waals surface area contributed by atoms with E-state index >= 15 is 0 Å². The van der Waals surface area contributed by atoms with Crippen molar-refractivity contribution in [2.24, 2.45) is 0 Å². The van der Waals surface area contributed by atoms with E-state index in [1.807, 2.05) is 18.9 Å². The number of nitrogens with zero attached hydrogens (tertiary/aromatic N) is 5. The fourth-order valence-corrected chi connectivity index (χ4v) is 4.42. The Hall–Kier alpha value is -4.20. The number of fused-ring (bicyclic) bond motifs is 1. The zero-order valence-electron chi connectivity index (χ0n) is 21.6. The van der Waals surface area contributed by atoms with Crippen molar-refractivity contribution in [3.63, 3.8) is 0 Å². The molecular formula is C30H31F3N6O. The van der Waals surface area contributed by atoms with Crippen LogP contribution in [0.5, 0.6) is 0 Å². The molecule has 0 saturated carbocycles. The number of hydrogen-bond acceptors (Lipinski definition) is 5. The molecule has 1 saturated heterocycles. The SMILES string of the molecule is C.Cc1ccc(C(=O)Nc2ccc(CN3CCN(C)CC3)c(C(F)(F)F)c2)cc1C#Cc1cnc2ccnn2c1. The molecule has 2 aromatic heterocycles. The first-order valence-electron chi connectivity index (χ1n) is 12.5. The van der Waals surface area contributed by atoms with Crippen LogP contribution in [0.25, 0.3) is 5.65 Å². The van der Waals surface area contributed by atoms with Gasteiger partial charge < -0.3 is 10.2 Å². The van der Waals surface area contributed by atoms with Gasteiger partial charge in [-0.1, -0.05) is 31.4 Å². The van der Waals surface area contributed by atoms with Crippen LogP contribution in [0.15, 0.2) is 61.1 Å². The van der Waals surface area contributed by atoms with E-state index in [-0.39, 0.29) is 25.2 Å². The Morgan fingerprint density at radius 3 is 2.58 bits per heavy atom. The molecule has 0 atom stereocenters. The minimum Gasteiger partial charge on any atom is -0.322 e. The summed E-state index contributed by atoms with van der Waals surface area (Å²) >= 11 is 0. The lowest BCUT2D eigenvalue weighted by molar-refractivity contribution is -0.138. The molecule has 4 aromatic rings. The number of alkyl halides is 3. The van der Waals surface area contributed by atoms with Crippen LogP contribution in [0.2, 0.25) is 0 Å². The molecule has 5 rings (SSSR count). The number of anilines is 1. The van der Waals surface area contributed by atoms with Crippen molar-refractivity contribution in [3.8, 4) is 11.8 Å². The Morgan fingerprint density at radius 2 is 1.82 bits per heavy atom. The van der Waals surface area contributed by atoms with Crippen LogP contribution >= 0.6 is 0 Å². The van der Waals surface area contributed by atoms with Gasteiger partial charge in [-0.2, -0.15) is 18.3 Å². The molecule has 0 radical (unpaired) electrons. The molecule has 7 nitrogen and oxygen atoms in total. The van der Waals surface area contributed by atoms with Crippen molar-refractivity contribution in [1.29, 1.82) is 0 Å². The molecule has 208 valence electrons. The van der Waals surface area contributed by atoms with Crippen molar-refractivity contribution in [2.75, 3.05) is 38.5 Å². The number of carbonyl (C=O) groups excluding carboxylic acids is 1. The van der Waals surface area contributed by atoms with Crippen LogP contribution in [-0.2, 0) is 12.7 Å². The lowest BCUT2D eigenvalue weighted by Crippen LogP contribution is -2.44. The average Bonchev–Trinajstić information content (AvgIpc) is 3.38. The van der Waals surface area contributed by atoms with E-state index in [4.69, 9.17) is 0 Å². The number of likely N-dealkylation sites (N-methyl/N-ethyl adjacent to an activating group) is 1. The van der Waals surface area contributed by atoms with Gasteiger partial charge in [0, 0.05) is 68.0 Å². The Kier molecular flexibility index (Phi) is 8.57. The number of hydrogen-bond donors (Lipinski definition) is 1. The van der Waals surface area contributed by atoms with Gasteiger partial charge in [0.25, 0.3) is 5.91 Å². The molecule has 1 fully saturated rings. The van der Waals surface area contributed by atoms with Gasteiger partial charge >= 0.3 is 6.18 Å². The zero-order valence-corrected chi connectivity index (χ0v) is 21.6. The maximum atomic E-state index is 13.9. The zero-order chi connectivity index (χ0) is 27.6. The van der Waals surface area contributed by atoms with Crippen LogP contribution in [0.4, 0.5) is 18.9 Å². The second-order valence-corrected chi connectivity index (χ2v) is 9.66. The number of rotatable bonds is 4. The number of carbonyl (C=O) groups is 1. The highest BCUT2D eigenvalue weighted by Gasteiger charge is 2.34. The third-order valence-electron chi connectivity index (χ3n) is 6.75. The summed E-state index contributed by atoms with van der Waals surface area (Å²) in [5, 5.41) is 6.76. The minimum absolute atomic E-state index is 0. The molecule has 0 aliphatic carbocycles. The molecule has 1 N–H and O–H groups in total. The van der Waals surface area contributed by atoms with E-state index in [0.29, 0.717) is 35.4 Å². The number of nitrogens with one attached hydrogen (secondary N) is 1. The molecule has 1 amide bonds. The number of aryl methyl sites for hydroxylation is 1. The molecule has 2 aromatic carbocycles. The van der Waals surface area contributed by atoms with Crippen molar-refractivity contribution >= 4 is 17.2 Å². The Bertz CT molecular complexity index is 1580. The third kappa shape index (κ3) is 6.68. The van der Waals surface area contributed by atoms with Gasteiger partial charge in [0.1, 0.15) is 0 Å². The summed E-state index contributed by atoms with van der Waals surface area (Å²) in [4.78, 5) is 21.4. The standard InChI is InChI=1S/C29H27F3N6O.CH4/c1-20-3-5-23(15-22(20)6-4-21-17-33-27-9-10-34-38(27)18-21)28(39)35-25-8-7-24(26(16-25)29(30,31)32)19-37-13-11-36(2)12-14-37;/h3,5,7-10,15-18H,11-14,19H2,1-2H3,(H,35,39);1H4. The van der Waals surface area contributed by atoms with Crippen LogP contribution < -0.4 is 5.32 Å². The van der Waals surface area contributed by atoms with E-state index in [2.05, 4.69) is 32.1 Å². The predicted octanol–water partition coefficient (Wildman–Crippen LogP) is 5.09. The smallest absolute Gasteiger partial charge is 0.322 e. The molecule has 10 heteroatoms. The molecular weight excluding hydrogens is 517 g/mol. The van der Waals surface area contributed by atoms with Crippen LogP contribution in [0.1, 0.15) is 45.6 Å². The lowest BCUT2D eigenvalue weighted by atomic mass is 10.0. The molecule has 1 aliphatic rings. The van der Waals surface area contributed by atoms with Crippen LogP contribution in [0, 0.1) is 18.8 Å². The minimum atomic E-state index is -4.54. The highest BCUT2D eigenvalue weighted by atomic mass is 19.4. The van der Waals surface area contributed by atoms with E-state index in [0.717, 1.165) is 24.7 Å². The largest absolute Gasteiger partial charge is 0.416 e. The summed E-state index contributed by atoms with van der Waals surface area (Å²) < 4.78 is 43.4. The maximum absolute atomic E-state index is 13.9. The van der Waals surface area contributed by atoms with Gasteiger partial charge in [0.15, 0.2) is 5.65 Å². The van der Waals surface area contributed by atoms with Gasteiger partial charge in [-0.15, -0.1) is 0 Å². The molecule has 0 unspecified atom stereocenters. The predicted molar refractivity (Wildman–Crippen MR) is 149 cm³/mol. The van der Waals surface area contributed by atoms with Gasteiger partial charge in [-0.25, -0.2) is 9.50 Å². The Balaban J connectivity index is 0.00000370. The number of aromatic nitrogens is 3. The summed E-state index contributed by atoms with van der Waals surface area (Å²) in [6, 6.07) is 10.8. The first kappa shape index (κ1) is 28.8. The number of piperazine rings is 1. The molecule has 0 spiro atoms. The van der Waals surface area contributed by atoms with Crippen molar-refractivity contribution in [3.05, 3.63) is 94.4 Å². The van der Waals surface area contributed by atoms with Gasteiger partial charge in [0.2, 0.25) is 0 Å². The van der Waals surface area contributed by atoms with Gasteiger partial charge in [-0.3, -0.25) is 9.69 Å². The van der Waals surface area contributed by atoms with Gasteiger partial charge in [-0.05, 0) is 49.4 Å². The maximum Gasteiger partial charge on any atom is 0.416 e. The summed E-state index contributed by atoms with van der Waals surface area (Å²) in [6.07, 6.45) is 0.502. The summed E-state index contributed by atoms with van der Waals surface area (Å²) in [5.74, 6) is 5.57. The normalized spacial score (nSPS) is 14.3. The lowest BCUT2D eigenvalue weighted by Gasteiger charge is -2.33. The second kappa shape index (κ2) is 11.9. The number of benzene rings is 2. The Morgan fingerprint density at radius 1 is 1.05 bits per heavy atom. The third-order valence-corrected chi connectivity index (χ3v) is 6.75. The molecule has 1 aliphatic heterocycles. The van der Waals surface area contributed by atoms with E-state index < -0.39 is 17.6 Å². The van der Waals surface area contributed by atoms with Crippen molar-refractivity contribution < 1.29 is 18.0 Å². The first-order valence-corrected chi connectivity index (χ1v) is 12.5. The highest BCUT2D eigenvalue weighted by molar-refractivity contribution is 6.04. The van der Waals surface area contributed by atoms with Crippen molar-refractivity contribution in [1.82, 2.24) is 24.4 Å². The van der Waals surface area contributed by atoms with Gasteiger partial charge in [0.05, 0.1) is 17.3 Å². The topological polar surface area (TPSA) is 65.8 Å². The molecule has 40 heavy (non-hydrogen) atoms. The summed E-state index contributed by atoms with van der Waals surface area (Å²) in [5.41, 5.74) is 2.68. The first-order chi connectivity index (χ1) is 18.7. The highest BCUT2D eigenvalue weighted by Crippen LogP contribution is 2.34.